The fourth-order valence-corrected chi connectivity index (χ4v) is 1.39. The molecule has 0 aliphatic carbocycles. The van der Waals surface area contributed by atoms with E-state index >= 15 is 0 Å². The Hall–Kier alpha value is 0.440. The standard InChI is InChI=1S/C8H12Br2/c1-4-8(10)7(3)6(2)5-9/h4-5,7-8H,1H2,2-3H3. The van der Waals surface area contributed by atoms with E-state index in [2.05, 4.69) is 52.3 Å². The Morgan fingerprint density at radius 1 is 1.60 bits per heavy atom. The molecule has 0 amide bonds. The molecule has 0 rings (SSSR count). The van der Waals surface area contributed by atoms with Crippen LogP contribution >= 0.6 is 31.9 Å². The summed E-state index contributed by atoms with van der Waals surface area (Å²) in [5, 5.41) is 0. The summed E-state index contributed by atoms with van der Waals surface area (Å²) in [6.45, 7) is 7.96. The first-order chi connectivity index (χ1) is 4.63. The highest BCUT2D eigenvalue weighted by Gasteiger charge is 2.10. The van der Waals surface area contributed by atoms with Gasteiger partial charge in [0.25, 0.3) is 0 Å². The second-order valence-electron chi connectivity index (χ2n) is 2.32. The summed E-state index contributed by atoms with van der Waals surface area (Å²) in [5.41, 5.74) is 1.32. The molecule has 0 aliphatic rings. The molecule has 58 valence electrons. The van der Waals surface area contributed by atoms with Crippen molar-refractivity contribution in [3.05, 3.63) is 23.2 Å². The zero-order valence-electron chi connectivity index (χ0n) is 6.27. The van der Waals surface area contributed by atoms with E-state index in [1.807, 2.05) is 11.1 Å². The SMILES string of the molecule is C=CC(Br)C(C)C(C)=CBr. The minimum Gasteiger partial charge on any atom is -0.102 e. The van der Waals surface area contributed by atoms with Crippen LogP contribution in [-0.2, 0) is 0 Å². The molecule has 0 aliphatic heterocycles. The highest BCUT2D eigenvalue weighted by atomic mass is 79.9. The molecule has 2 heteroatoms. The molecule has 0 heterocycles. The number of hydrogen-bond acceptors (Lipinski definition) is 0. The Morgan fingerprint density at radius 2 is 2.10 bits per heavy atom. The van der Waals surface area contributed by atoms with Gasteiger partial charge in [0, 0.05) is 4.83 Å². The minimum absolute atomic E-state index is 0.376. The quantitative estimate of drug-likeness (QED) is 0.538. The van der Waals surface area contributed by atoms with Gasteiger partial charge in [-0.05, 0) is 17.8 Å². The average molecular weight is 268 g/mol. The first kappa shape index (κ1) is 10.4. The predicted octanol–water partition coefficient (Wildman–Crippen LogP) is 3.87. The lowest BCUT2D eigenvalue weighted by molar-refractivity contribution is 0.721. The van der Waals surface area contributed by atoms with E-state index in [1.165, 1.54) is 5.57 Å². The molecule has 2 atom stereocenters. The summed E-state index contributed by atoms with van der Waals surface area (Å²) < 4.78 is 0. The van der Waals surface area contributed by atoms with E-state index < -0.39 is 0 Å². The van der Waals surface area contributed by atoms with Crippen LogP contribution in [0.3, 0.4) is 0 Å². The third-order valence-electron chi connectivity index (χ3n) is 1.59. The van der Waals surface area contributed by atoms with Crippen molar-refractivity contribution in [2.75, 3.05) is 0 Å². The van der Waals surface area contributed by atoms with Crippen molar-refractivity contribution < 1.29 is 0 Å². The summed E-state index contributed by atoms with van der Waals surface area (Å²) in [6.07, 6.45) is 1.91. The van der Waals surface area contributed by atoms with Crippen molar-refractivity contribution in [2.45, 2.75) is 18.7 Å². The monoisotopic (exact) mass is 266 g/mol. The van der Waals surface area contributed by atoms with Gasteiger partial charge in [-0.2, -0.15) is 0 Å². The first-order valence-electron chi connectivity index (χ1n) is 3.17. The van der Waals surface area contributed by atoms with Crippen molar-refractivity contribution in [1.29, 1.82) is 0 Å². The van der Waals surface area contributed by atoms with Crippen LogP contribution in [0.15, 0.2) is 23.2 Å². The lowest BCUT2D eigenvalue weighted by Crippen LogP contribution is -2.08. The van der Waals surface area contributed by atoms with Crippen LogP contribution in [0.25, 0.3) is 0 Å². The number of alkyl halides is 1. The zero-order valence-corrected chi connectivity index (χ0v) is 9.44. The molecular formula is C8H12Br2. The largest absolute Gasteiger partial charge is 0.102 e. The zero-order chi connectivity index (χ0) is 8.15. The van der Waals surface area contributed by atoms with E-state index in [0.29, 0.717) is 10.7 Å². The smallest absolute Gasteiger partial charge is 0.0385 e. The van der Waals surface area contributed by atoms with E-state index in [0.717, 1.165) is 0 Å². The summed E-state index contributed by atoms with van der Waals surface area (Å²) >= 11 is 6.80. The van der Waals surface area contributed by atoms with E-state index in [-0.39, 0.29) is 0 Å². The molecule has 0 spiro atoms. The molecule has 0 N–H and O–H groups in total. The first-order valence-corrected chi connectivity index (χ1v) is 5.00. The summed E-state index contributed by atoms with van der Waals surface area (Å²) in [6, 6.07) is 0. The predicted molar refractivity (Wildman–Crippen MR) is 54.8 cm³/mol. The Labute approximate surface area is 79.6 Å². The van der Waals surface area contributed by atoms with Crippen LogP contribution in [0.5, 0.6) is 0 Å². The Morgan fingerprint density at radius 3 is 2.40 bits per heavy atom. The second-order valence-corrected chi connectivity index (χ2v) is 3.84. The van der Waals surface area contributed by atoms with Gasteiger partial charge in [0.15, 0.2) is 0 Å². The van der Waals surface area contributed by atoms with Gasteiger partial charge in [-0.3, -0.25) is 0 Å². The number of hydrogen-bond donors (Lipinski definition) is 0. The number of rotatable bonds is 3. The lowest BCUT2D eigenvalue weighted by atomic mass is 10.0. The second kappa shape index (κ2) is 5.14. The minimum atomic E-state index is 0.376. The van der Waals surface area contributed by atoms with Crippen LogP contribution in [0.4, 0.5) is 0 Å². The van der Waals surface area contributed by atoms with Crippen molar-refractivity contribution in [2.24, 2.45) is 5.92 Å². The highest BCUT2D eigenvalue weighted by Crippen LogP contribution is 2.21. The molecule has 0 aromatic heterocycles. The molecule has 0 aromatic carbocycles. The maximum Gasteiger partial charge on any atom is 0.0385 e. The molecular weight excluding hydrogens is 256 g/mol. The van der Waals surface area contributed by atoms with E-state index in [9.17, 15) is 0 Å². The Kier molecular flexibility index (Phi) is 5.36. The Balaban J connectivity index is 4.06. The third-order valence-corrected chi connectivity index (χ3v) is 3.48. The van der Waals surface area contributed by atoms with Crippen LogP contribution in [0.1, 0.15) is 13.8 Å². The third kappa shape index (κ3) is 3.02. The molecule has 0 bridgehead atoms. The fourth-order valence-electron chi connectivity index (χ4n) is 0.555. The molecule has 0 saturated heterocycles. The summed E-state index contributed by atoms with van der Waals surface area (Å²) in [7, 11) is 0. The maximum atomic E-state index is 3.71. The molecule has 0 nitrogen and oxygen atoms in total. The molecule has 10 heavy (non-hydrogen) atoms. The van der Waals surface area contributed by atoms with Crippen LogP contribution in [0, 0.1) is 5.92 Å². The normalized spacial score (nSPS) is 18.2. The average Bonchev–Trinajstić information content (AvgIpc) is 2.00. The van der Waals surface area contributed by atoms with Gasteiger partial charge in [-0.1, -0.05) is 50.4 Å². The maximum absolute atomic E-state index is 3.71. The van der Waals surface area contributed by atoms with Crippen molar-refractivity contribution >= 4 is 31.9 Å². The molecule has 0 aromatic rings. The van der Waals surface area contributed by atoms with Gasteiger partial charge < -0.3 is 0 Å². The van der Waals surface area contributed by atoms with Gasteiger partial charge in [0.1, 0.15) is 0 Å². The topological polar surface area (TPSA) is 0 Å². The number of allylic oxidation sites excluding steroid dienone is 2. The highest BCUT2D eigenvalue weighted by molar-refractivity contribution is 9.11. The van der Waals surface area contributed by atoms with E-state index in [1.54, 1.807) is 0 Å². The molecule has 0 fully saturated rings. The lowest BCUT2D eigenvalue weighted by Gasteiger charge is -2.14. The molecule has 0 saturated carbocycles. The van der Waals surface area contributed by atoms with Crippen molar-refractivity contribution in [3.63, 3.8) is 0 Å². The van der Waals surface area contributed by atoms with Crippen molar-refractivity contribution in [1.82, 2.24) is 0 Å². The Bertz CT molecular complexity index is 138. The van der Waals surface area contributed by atoms with Crippen LogP contribution in [-0.4, -0.2) is 4.83 Å². The van der Waals surface area contributed by atoms with Gasteiger partial charge in [-0.25, -0.2) is 0 Å². The van der Waals surface area contributed by atoms with Gasteiger partial charge in [-0.15, -0.1) is 6.58 Å². The fraction of sp³-hybridized carbons (Fsp3) is 0.500. The summed E-state index contributed by atoms with van der Waals surface area (Å²) in [5.74, 6) is 0.511. The van der Waals surface area contributed by atoms with E-state index in [4.69, 9.17) is 0 Å². The van der Waals surface area contributed by atoms with Crippen LogP contribution in [0.2, 0.25) is 0 Å². The van der Waals surface area contributed by atoms with Gasteiger partial charge in [0.05, 0.1) is 0 Å². The summed E-state index contributed by atoms with van der Waals surface area (Å²) in [4.78, 5) is 2.33. The van der Waals surface area contributed by atoms with Gasteiger partial charge in [0.2, 0.25) is 0 Å². The number of halogens is 2. The van der Waals surface area contributed by atoms with Crippen LogP contribution < -0.4 is 0 Å². The van der Waals surface area contributed by atoms with Gasteiger partial charge >= 0.3 is 0 Å². The van der Waals surface area contributed by atoms with Crippen molar-refractivity contribution in [3.8, 4) is 0 Å². The molecule has 0 radical (unpaired) electrons. The molecule has 2 unspecified atom stereocenters.